The monoisotopic (exact) mass is 190 g/mol. The highest BCUT2D eigenvalue weighted by molar-refractivity contribution is 6.30. The maximum Gasteiger partial charge on any atom is 0.144 e. The van der Waals surface area contributed by atoms with Gasteiger partial charge in [-0.1, -0.05) is 11.6 Å². The van der Waals surface area contributed by atoms with Gasteiger partial charge < -0.3 is 0 Å². The first-order valence-electron chi connectivity index (χ1n) is 3.87. The van der Waals surface area contributed by atoms with Crippen LogP contribution in [0.1, 0.15) is 5.69 Å². The number of pyridine rings is 1. The van der Waals surface area contributed by atoms with Crippen molar-refractivity contribution in [2.24, 2.45) is 0 Å². The minimum Gasteiger partial charge on any atom is -0.257 e. The minimum atomic E-state index is 0.637. The molecule has 2 rings (SSSR count). The maximum atomic E-state index is 5.72. The second-order valence-electron chi connectivity index (χ2n) is 2.71. The summed E-state index contributed by atoms with van der Waals surface area (Å²) >= 11 is 5.72. The van der Waals surface area contributed by atoms with Crippen molar-refractivity contribution in [1.29, 1.82) is 0 Å². The van der Waals surface area contributed by atoms with Gasteiger partial charge in [0.2, 0.25) is 0 Å². The zero-order valence-corrected chi connectivity index (χ0v) is 7.84. The van der Waals surface area contributed by atoms with Crippen molar-refractivity contribution in [2.75, 3.05) is 0 Å². The lowest BCUT2D eigenvalue weighted by molar-refractivity contribution is 0.960. The molecule has 0 aliphatic rings. The van der Waals surface area contributed by atoms with E-state index < -0.39 is 0 Å². The van der Waals surface area contributed by atoms with E-state index in [0.29, 0.717) is 5.02 Å². The van der Waals surface area contributed by atoms with Crippen LogP contribution >= 0.6 is 11.6 Å². The van der Waals surface area contributed by atoms with Crippen LogP contribution in [0.5, 0.6) is 0 Å². The second kappa shape index (κ2) is 3.12. The fraction of sp³-hybridized carbons (Fsp3) is 0.100. The predicted octanol–water partition coefficient (Wildman–Crippen LogP) is 2.43. The molecule has 0 amide bonds. The molecule has 0 saturated carbocycles. The van der Waals surface area contributed by atoms with E-state index in [0.717, 1.165) is 11.5 Å². The Bertz CT molecular complexity index is 403. The lowest BCUT2D eigenvalue weighted by Crippen LogP contribution is -1.96. The molecule has 2 heterocycles. The number of rotatable bonds is 1. The molecular formula is C10H7ClN2. The highest BCUT2D eigenvalue weighted by atomic mass is 35.5. The van der Waals surface area contributed by atoms with Crippen molar-refractivity contribution < 1.29 is 0 Å². The van der Waals surface area contributed by atoms with Crippen LogP contribution in [0.2, 0.25) is 5.02 Å². The van der Waals surface area contributed by atoms with Crippen LogP contribution in [0, 0.1) is 19.2 Å². The molecule has 64 valence electrons. The summed E-state index contributed by atoms with van der Waals surface area (Å²) < 4.78 is 1.83. The number of nitrogens with zero attached hydrogens (tertiary/aromatic N) is 2. The Morgan fingerprint density at radius 2 is 2.31 bits per heavy atom. The predicted molar refractivity (Wildman–Crippen MR) is 51.0 cm³/mol. The zero-order valence-electron chi connectivity index (χ0n) is 7.08. The van der Waals surface area contributed by atoms with E-state index in [1.54, 1.807) is 12.3 Å². The lowest BCUT2D eigenvalue weighted by Gasteiger charge is -2.01. The van der Waals surface area contributed by atoms with Crippen molar-refractivity contribution in [3.8, 4) is 5.82 Å². The summed E-state index contributed by atoms with van der Waals surface area (Å²) in [6, 6.07) is 8.38. The average molecular weight is 191 g/mol. The number of aryl methyl sites for hydroxylation is 1. The van der Waals surface area contributed by atoms with Crippen LogP contribution < -0.4 is 0 Å². The SMILES string of the molecule is Cc1cc#cn1-c1ccc(Cl)cn1. The van der Waals surface area contributed by atoms with Gasteiger partial charge in [0.05, 0.1) is 5.02 Å². The van der Waals surface area contributed by atoms with E-state index in [4.69, 9.17) is 11.6 Å². The van der Waals surface area contributed by atoms with E-state index in [9.17, 15) is 0 Å². The van der Waals surface area contributed by atoms with E-state index in [1.165, 1.54) is 0 Å². The van der Waals surface area contributed by atoms with Gasteiger partial charge >= 0.3 is 0 Å². The average Bonchev–Trinajstić information content (AvgIpc) is 2.53. The highest BCUT2D eigenvalue weighted by Gasteiger charge is 1.98. The van der Waals surface area contributed by atoms with Gasteiger partial charge in [0.1, 0.15) is 5.82 Å². The summed E-state index contributed by atoms with van der Waals surface area (Å²) in [5.41, 5.74) is 1.05. The smallest absolute Gasteiger partial charge is 0.144 e. The first-order chi connectivity index (χ1) is 6.27. The topological polar surface area (TPSA) is 17.8 Å². The molecule has 0 aromatic carbocycles. The maximum absolute atomic E-state index is 5.72. The van der Waals surface area contributed by atoms with Crippen LogP contribution in [0.25, 0.3) is 5.82 Å². The summed E-state index contributed by atoms with van der Waals surface area (Å²) in [5.74, 6) is 0.808. The molecule has 3 heteroatoms. The standard InChI is InChI=1S/C10H7ClN2/c1-8-3-2-6-13(8)10-5-4-9(11)7-12-10/h3-5,7H,1H3. The van der Waals surface area contributed by atoms with Crippen LogP contribution in [0.4, 0.5) is 0 Å². The third-order valence-electron chi connectivity index (χ3n) is 1.75. The summed E-state index contributed by atoms with van der Waals surface area (Å²) in [4.78, 5) is 4.16. The van der Waals surface area contributed by atoms with Crippen molar-refractivity contribution in [1.82, 2.24) is 9.55 Å². The molecule has 0 radical (unpaired) electrons. The zero-order chi connectivity index (χ0) is 9.26. The van der Waals surface area contributed by atoms with Gasteiger partial charge in [0.15, 0.2) is 0 Å². The molecule has 0 bridgehead atoms. The number of aromatic nitrogens is 2. The Morgan fingerprint density at radius 1 is 1.46 bits per heavy atom. The highest BCUT2D eigenvalue weighted by Crippen LogP contribution is 2.10. The summed E-state index contributed by atoms with van der Waals surface area (Å²) in [6.07, 6.45) is 4.54. The van der Waals surface area contributed by atoms with Gasteiger partial charge in [-0.3, -0.25) is 4.57 Å². The molecule has 0 atom stereocenters. The molecule has 0 N–H and O–H groups in total. The van der Waals surface area contributed by atoms with Crippen LogP contribution in [0.15, 0.2) is 24.4 Å². The van der Waals surface area contributed by atoms with Gasteiger partial charge in [-0.05, 0) is 25.1 Å². The van der Waals surface area contributed by atoms with Crippen molar-refractivity contribution >= 4 is 11.6 Å². The number of halogens is 1. The van der Waals surface area contributed by atoms with Gasteiger partial charge in [-0.15, -0.1) is 0 Å². The quantitative estimate of drug-likeness (QED) is 0.676. The Balaban J connectivity index is 2.47. The fourth-order valence-corrected chi connectivity index (χ4v) is 1.20. The van der Waals surface area contributed by atoms with Gasteiger partial charge in [0, 0.05) is 24.2 Å². The molecule has 0 fully saturated rings. The van der Waals surface area contributed by atoms with E-state index in [2.05, 4.69) is 17.2 Å². The minimum absolute atomic E-state index is 0.637. The van der Waals surface area contributed by atoms with Gasteiger partial charge in [0.25, 0.3) is 0 Å². The number of hydrogen-bond donors (Lipinski definition) is 0. The van der Waals surface area contributed by atoms with Gasteiger partial charge in [-0.2, -0.15) is 0 Å². The molecule has 2 aromatic rings. The summed E-state index contributed by atoms with van der Waals surface area (Å²) in [5, 5.41) is 0.637. The van der Waals surface area contributed by atoms with E-state index >= 15 is 0 Å². The second-order valence-corrected chi connectivity index (χ2v) is 3.15. The fourth-order valence-electron chi connectivity index (χ4n) is 1.09. The normalized spacial score (nSPS) is 9.69. The van der Waals surface area contributed by atoms with Crippen molar-refractivity contribution in [2.45, 2.75) is 6.92 Å². The first-order valence-corrected chi connectivity index (χ1v) is 4.25. The van der Waals surface area contributed by atoms with Crippen LogP contribution in [-0.4, -0.2) is 9.55 Å². The lowest BCUT2D eigenvalue weighted by atomic mass is 10.4. The van der Waals surface area contributed by atoms with E-state index in [-0.39, 0.29) is 0 Å². The Morgan fingerprint density at radius 3 is 2.85 bits per heavy atom. The Labute approximate surface area is 81.8 Å². The summed E-state index contributed by atoms with van der Waals surface area (Å²) in [7, 11) is 0. The molecule has 0 aliphatic heterocycles. The number of hydrogen-bond acceptors (Lipinski definition) is 1. The Hall–Kier alpha value is -1.46. The Kier molecular flexibility index (Phi) is 1.96. The van der Waals surface area contributed by atoms with Crippen LogP contribution in [-0.2, 0) is 0 Å². The molecule has 13 heavy (non-hydrogen) atoms. The molecule has 2 aromatic heterocycles. The molecule has 0 saturated heterocycles. The summed E-state index contributed by atoms with van der Waals surface area (Å²) in [6.45, 7) is 1.98. The first kappa shape index (κ1) is 8.15. The van der Waals surface area contributed by atoms with Crippen molar-refractivity contribution in [3.63, 3.8) is 0 Å². The molecule has 2 nitrogen and oxygen atoms in total. The molecule has 0 spiro atoms. The third kappa shape index (κ3) is 1.51. The van der Waals surface area contributed by atoms with E-state index in [1.807, 2.05) is 23.6 Å². The van der Waals surface area contributed by atoms with Crippen LogP contribution in [0.3, 0.4) is 0 Å². The third-order valence-corrected chi connectivity index (χ3v) is 1.97. The molecule has 0 aliphatic carbocycles. The van der Waals surface area contributed by atoms with Gasteiger partial charge in [-0.25, -0.2) is 4.98 Å². The molecular weight excluding hydrogens is 184 g/mol. The van der Waals surface area contributed by atoms with Crippen molar-refractivity contribution in [3.05, 3.63) is 47.4 Å². The molecule has 0 unspecified atom stereocenters. The largest absolute Gasteiger partial charge is 0.257 e.